The van der Waals surface area contributed by atoms with E-state index in [2.05, 4.69) is 29.7 Å². The van der Waals surface area contributed by atoms with E-state index in [0.29, 0.717) is 0 Å². The second-order valence-electron chi connectivity index (χ2n) is 4.52. The van der Waals surface area contributed by atoms with Crippen LogP contribution in [-0.2, 0) is 0 Å². The van der Waals surface area contributed by atoms with Crippen LogP contribution in [0, 0.1) is 6.92 Å². The average molecular weight is 272 g/mol. The fourth-order valence-corrected chi connectivity index (χ4v) is 2.50. The van der Waals surface area contributed by atoms with Crippen LogP contribution < -0.4 is 4.74 Å². The van der Waals surface area contributed by atoms with Crippen molar-refractivity contribution in [2.45, 2.75) is 6.92 Å². The minimum atomic E-state index is 0.746. The number of hydrogen-bond donors (Lipinski definition) is 0. The van der Waals surface area contributed by atoms with Crippen molar-refractivity contribution in [2.75, 3.05) is 7.11 Å². The summed E-state index contributed by atoms with van der Waals surface area (Å²) in [5, 5.41) is 1.95. The second-order valence-corrected chi connectivity index (χ2v) is 4.96. The summed E-state index contributed by atoms with van der Waals surface area (Å²) in [7, 11) is 1.68. The van der Waals surface area contributed by atoms with E-state index in [1.54, 1.807) is 7.11 Å². The Bertz CT molecular complexity index is 728. The van der Waals surface area contributed by atoms with Crippen LogP contribution >= 0.6 is 11.6 Å². The van der Waals surface area contributed by atoms with Gasteiger partial charge in [0.05, 0.1) is 12.6 Å². The summed E-state index contributed by atoms with van der Waals surface area (Å²) in [6, 6.07) is 16.1. The second kappa shape index (κ2) is 4.63. The lowest BCUT2D eigenvalue weighted by atomic mass is 10.2. The molecule has 96 valence electrons. The zero-order valence-corrected chi connectivity index (χ0v) is 11.6. The van der Waals surface area contributed by atoms with E-state index >= 15 is 0 Å². The van der Waals surface area contributed by atoms with Gasteiger partial charge in [-0.05, 0) is 49.4 Å². The van der Waals surface area contributed by atoms with Gasteiger partial charge in [-0.3, -0.25) is 0 Å². The van der Waals surface area contributed by atoms with E-state index in [-0.39, 0.29) is 0 Å². The van der Waals surface area contributed by atoms with Crippen molar-refractivity contribution in [1.29, 1.82) is 0 Å². The maximum absolute atomic E-state index is 5.95. The molecule has 0 unspecified atom stereocenters. The molecule has 3 aromatic rings. The first-order chi connectivity index (χ1) is 9.19. The standard InChI is InChI=1S/C16H14ClNO/c1-11-9-12-3-8-15(19-2)10-16(12)18(11)14-6-4-13(17)5-7-14/h3-10H,1-2H3. The molecular weight excluding hydrogens is 258 g/mol. The van der Waals surface area contributed by atoms with Crippen LogP contribution in [0.1, 0.15) is 5.69 Å². The summed E-state index contributed by atoms with van der Waals surface area (Å²) in [4.78, 5) is 0. The highest BCUT2D eigenvalue weighted by Gasteiger charge is 2.08. The normalized spacial score (nSPS) is 10.9. The number of hydrogen-bond acceptors (Lipinski definition) is 1. The molecular formula is C16H14ClNO. The SMILES string of the molecule is COc1ccc2cc(C)n(-c3ccc(Cl)cc3)c2c1. The lowest BCUT2D eigenvalue weighted by molar-refractivity contribution is 0.415. The molecule has 0 N–H and O–H groups in total. The van der Waals surface area contributed by atoms with Crippen molar-refractivity contribution in [3.05, 3.63) is 59.2 Å². The molecule has 0 aliphatic carbocycles. The monoisotopic (exact) mass is 271 g/mol. The molecule has 2 aromatic carbocycles. The van der Waals surface area contributed by atoms with Crippen LogP contribution in [0.15, 0.2) is 48.5 Å². The Morgan fingerprint density at radius 2 is 1.74 bits per heavy atom. The van der Waals surface area contributed by atoms with E-state index in [0.717, 1.165) is 22.0 Å². The number of nitrogens with zero attached hydrogens (tertiary/aromatic N) is 1. The molecule has 0 aliphatic heterocycles. The van der Waals surface area contributed by atoms with E-state index in [1.807, 2.05) is 30.3 Å². The fraction of sp³-hybridized carbons (Fsp3) is 0.125. The third-order valence-corrected chi connectivity index (χ3v) is 3.53. The number of ether oxygens (including phenoxy) is 1. The molecule has 0 fully saturated rings. The predicted octanol–water partition coefficient (Wildman–Crippen LogP) is 4.60. The molecule has 0 atom stereocenters. The molecule has 0 saturated heterocycles. The minimum absolute atomic E-state index is 0.746. The van der Waals surface area contributed by atoms with Gasteiger partial charge in [0, 0.05) is 27.9 Å². The number of halogens is 1. The van der Waals surface area contributed by atoms with Crippen molar-refractivity contribution in [2.24, 2.45) is 0 Å². The first kappa shape index (κ1) is 12.1. The summed E-state index contributed by atoms with van der Waals surface area (Å²) >= 11 is 5.95. The van der Waals surface area contributed by atoms with Gasteiger partial charge in [0.2, 0.25) is 0 Å². The summed E-state index contributed by atoms with van der Waals surface area (Å²) in [6.07, 6.45) is 0. The maximum atomic E-state index is 5.95. The number of aromatic nitrogens is 1. The summed E-state index contributed by atoms with van der Waals surface area (Å²) in [5.41, 5.74) is 3.43. The van der Waals surface area contributed by atoms with E-state index in [4.69, 9.17) is 16.3 Å². The molecule has 1 aromatic heterocycles. The lowest BCUT2D eigenvalue weighted by Gasteiger charge is -2.09. The number of methoxy groups -OCH3 is 1. The zero-order chi connectivity index (χ0) is 13.4. The van der Waals surface area contributed by atoms with E-state index in [1.165, 1.54) is 11.1 Å². The first-order valence-electron chi connectivity index (χ1n) is 6.11. The van der Waals surface area contributed by atoms with Gasteiger partial charge in [-0.15, -0.1) is 0 Å². The van der Waals surface area contributed by atoms with Crippen LogP contribution in [0.2, 0.25) is 5.02 Å². The van der Waals surface area contributed by atoms with Crippen molar-refractivity contribution < 1.29 is 4.74 Å². The van der Waals surface area contributed by atoms with Crippen molar-refractivity contribution in [3.8, 4) is 11.4 Å². The molecule has 0 spiro atoms. The smallest absolute Gasteiger partial charge is 0.120 e. The maximum Gasteiger partial charge on any atom is 0.120 e. The zero-order valence-electron chi connectivity index (χ0n) is 10.9. The molecule has 3 heteroatoms. The number of fused-ring (bicyclic) bond motifs is 1. The highest BCUT2D eigenvalue weighted by molar-refractivity contribution is 6.30. The minimum Gasteiger partial charge on any atom is -0.497 e. The number of benzene rings is 2. The molecule has 0 saturated carbocycles. The molecule has 0 radical (unpaired) electrons. The Morgan fingerprint density at radius 1 is 1.00 bits per heavy atom. The van der Waals surface area contributed by atoms with Crippen LogP contribution in [0.25, 0.3) is 16.6 Å². The van der Waals surface area contributed by atoms with Gasteiger partial charge >= 0.3 is 0 Å². The van der Waals surface area contributed by atoms with Crippen LogP contribution in [-0.4, -0.2) is 11.7 Å². The Morgan fingerprint density at radius 3 is 2.42 bits per heavy atom. The van der Waals surface area contributed by atoms with Crippen molar-refractivity contribution in [3.63, 3.8) is 0 Å². The fourth-order valence-electron chi connectivity index (χ4n) is 2.38. The number of aryl methyl sites for hydroxylation is 1. The van der Waals surface area contributed by atoms with Crippen LogP contribution in [0.4, 0.5) is 0 Å². The molecule has 0 amide bonds. The number of rotatable bonds is 2. The third-order valence-electron chi connectivity index (χ3n) is 3.28. The molecule has 19 heavy (non-hydrogen) atoms. The van der Waals surface area contributed by atoms with Crippen LogP contribution in [0.5, 0.6) is 5.75 Å². The quantitative estimate of drug-likeness (QED) is 0.664. The third kappa shape index (κ3) is 2.08. The average Bonchev–Trinajstić information content (AvgIpc) is 2.75. The van der Waals surface area contributed by atoms with Crippen molar-refractivity contribution >= 4 is 22.5 Å². The Kier molecular flexibility index (Phi) is 2.96. The van der Waals surface area contributed by atoms with Gasteiger partial charge in [0.1, 0.15) is 5.75 Å². The van der Waals surface area contributed by atoms with Gasteiger partial charge in [0.25, 0.3) is 0 Å². The molecule has 0 bridgehead atoms. The lowest BCUT2D eigenvalue weighted by Crippen LogP contribution is -1.95. The highest BCUT2D eigenvalue weighted by atomic mass is 35.5. The van der Waals surface area contributed by atoms with Gasteiger partial charge in [-0.1, -0.05) is 11.6 Å². The molecule has 2 nitrogen and oxygen atoms in total. The summed E-state index contributed by atoms with van der Waals surface area (Å²) < 4.78 is 7.51. The highest BCUT2D eigenvalue weighted by Crippen LogP contribution is 2.28. The summed E-state index contributed by atoms with van der Waals surface area (Å²) in [5.74, 6) is 0.862. The Balaban J connectivity index is 2.26. The largest absolute Gasteiger partial charge is 0.497 e. The van der Waals surface area contributed by atoms with Crippen molar-refractivity contribution in [1.82, 2.24) is 4.57 Å². The van der Waals surface area contributed by atoms with Gasteiger partial charge in [-0.25, -0.2) is 0 Å². The molecule has 3 rings (SSSR count). The van der Waals surface area contributed by atoms with Crippen LogP contribution in [0.3, 0.4) is 0 Å². The van der Waals surface area contributed by atoms with Gasteiger partial charge < -0.3 is 9.30 Å². The van der Waals surface area contributed by atoms with E-state index in [9.17, 15) is 0 Å². The first-order valence-corrected chi connectivity index (χ1v) is 6.49. The summed E-state index contributed by atoms with van der Waals surface area (Å²) in [6.45, 7) is 2.10. The molecule has 0 aliphatic rings. The Hall–Kier alpha value is -1.93. The van der Waals surface area contributed by atoms with Gasteiger partial charge in [0.15, 0.2) is 0 Å². The molecule has 1 heterocycles. The van der Waals surface area contributed by atoms with E-state index < -0.39 is 0 Å². The Labute approximate surface area is 117 Å². The predicted molar refractivity (Wildman–Crippen MR) is 79.6 cm³/mol. The van der Waals surface area contributed by atoms with Gasteiger partial charge in [-0.2, -0.15) is 0 Å². The topological polar surface area (TPSA) is 14.2 Å².